The van der Waals surface area contributed by atoms with E-state index in [1.54, 1.807) is 14.2 Å². The Kier molecular flexibility index (Phi) is 4.06. The van der Waals surface area contributed by atoms with Gasteiger partial charge in [-0.05, 0) is 32.3 Å². The highest BCUT2D eigenvalue weighted by atomic mass is 28.2. The normalized spacial score (nSPS) is 11.8. The fraction of sp³-hybridized carbons (Fsp3) is 0.143. The molecule has 0 fully saturated rings. The summed E-state index contributed by atoms with van der Waals surface area (Å²) < 4.78 is 10.7. The van der Waals surface area contributed by atoms with Crippen molar-refractivity contribution in [2.45, 2.75) is 5.91 Å². The lowest BCUT2D eigenvalue weighted by Gasteiger charge is -2.14. The highest BCUT2D eigenvalue weighted by molar-refractivity contribution is 6.55. The van der Waals surface area contributed by atoms with E-state index in [0.717, 1.165) is 0 Å². The van der Waals surface area contributed by atoms with E-state index in [9.17, 15) is 0 Å². The second kappa shape index (κ2) is 6.36. The predicted molar refractivity (Wildman–Crippen MR) is 102 cm³/mol. The van der Waals surface area contributed by atoms with Gasteiger partial charge in [-0.25, -0.2) is 0 Å². The van der Waals surface area contributed by atoms with Crippen LogP contribution in [0, 0.1) is 0 Å². The van der Waals surface area contributed by atoms with Crippen LogP contribution in [0.2, 0.25) is 0 Å². The molecule has 0 saturated heterocycles. The van der Waals surface area contributed by atoms with Crippen LogP contribution in [0.3, 0.4) is 0 Å². The highest BCUT2D eigenvalue weighted by Crippen LogP contribution is 2.34. The van der Waals surface area contributed by atoms with E-state index in [1.807, 2.05) is 0 Å². The highest BCUT2D eigenvalue weighted by Gasteiger charge is 2.12. The van der Waals surface area contributed by atoms with Crippen molar-refractivity contribution in [2.75, 3.05) is 14.2 Å². The number of hydrogen-bond donors (Lipinski definition) is 0. The molecule has 24 heavy (non-hydrogen) atoms. The molecular formula is C21H18O2Si. The Bertz CT molecular complexity index is 987. The Morgan fingerprint density at radius 2 is 1.08 bits per heavy atom. The molecule has 0 aliphatic carbocycles. The summed E-state index contributed by atoms with van der Waals surface area (Å²) in [4.78, 5) is 0. The molecule has 0 aliphatic rings. The van der Waals surface area contributed by atoms with Crippen LogP contribution in [-0.4, -0.2) is 29.7 Å². The first-order valence-corrected chi connectivity index (χ1v) is 9.05. The Hall–Kier alpha value is -2.20. The van der Waals surface area contributed by atoms with Crippen LogP contribution in [0.25, 0.3) is 32.3 Å². The molecule has 0 aliphatic heterocycles. The Morgan fingerprint density at radius 3 is 1.58 bits per heavy atom. The average Bonchev–Trinajstić information content (AvgIpc) is 2.66. The van der Waals surface area contributed by atoms with Crippen LogP contribution in [0.4, 0.5) is 0 Å². The molecule has 4 aromatic carbocycles. The van der Waals surface area contributed by atoms with Gasteiger partial charge >= 0.3 is 0 Å². The van der Waals surface area contributed by atoms with E-state index in [-0.39, 0.29) is 5.91 Å². The standard InChI is InChI=1S/C21H18O2Si/c1-22-21(23-2)24-14-11-12-19-17-9-4-3-7-15(17)16-8-5-6-10-18(16)20(19)13-14/h3-13,21H,1-2H3. The molecule has 0 unspecified atom stereocenters. The molecule has 0 spiro atoms. The van der Waals surface area contributed by atoms with Crippen molar-refractivity contribution in [3.05, 3.63) is 66.7 Å². The molecule has 4 aromatic rings. The van der Waals surface area contributed by atoms with Gasteiger partial charge in [-0.1, -0.05) is 71.9 Å². The third kappa shape index (κ3) is 2.51. The topological polar surface area (TPSA) is 18.5 Å². The lowest BCUT2D eigenvalue weighted by atomic mass is 9.94. The first-order valence-electron chi connectivity index (χ1n) is 7.97. The van der Waals surface area contributed by atoms with E-state index in [1.165, 1.54) is 37.5 Å². The van der Waals surface area contributed by atoms with Gasteiger partial charge in [0, 0.05) is 14.2 Å². The van der Waals surface area contributed by atoms with E-state index >= 15 is 0 Å². The number of hydrogen-bond acceptors (Lipinski definition) is 2. The fourth-order valence-corrected chi connectivity index (χ4v) is 4.26. The summed E-state index contributed by atoms with van der Waals surface area (Å²) in [5.74, 6) is -0.186. The maximum absolute atomic E-state index is 5.36. The second-order valence-electron chi connectivity index (χ2n) is 5.80. The lowest BCUT2D eigenvalue weighted by molar-refractivity contribution is -0.0429. The van der Waals surface area contributed by atoms with E-state index in [4.69, 9.17) is 9.47 Å². The molecule has 3 heteroatoms. The molecule has 0 bridgehead atoms. The quantitative estimate of drug-likeness (QED) is 0.319. The fourth-order valence-electron chi connectivity index (χ4n) is 3.35. The van der Waals surface area contributed by atoms with Gasteiger partial charge in [-0.15, -0.1) is 0 Å². The number of ether oxygens (including phenoxy) is 2. The molecule has 0 aromatic heterocycles. The third-order valence-electron chi connectivity index (χ3n) is 4.46. The summed E-state index contributed by atoms with van der Waals surface area (Å²) in [6.45, 7) is 0. The Balaban J connectivity index is 2.02. The minimum absolute atomic E-state index is 0.186. The zero-order chi connectivity index (χ0) is 16.5. The van der Waals surface area contributed by atoms with Gasteiger partial charge in [0.25, 0.3) is 0 Å². The van der Waals surface area contributed by atoms with Crippen LogP contribution in [0.1, 0.15) is 0 Å². The first-order chi connectivity index (χ1) is 11.8. The van der Waals surface area contributed by atoms with E-state index in [2.05, 4.69) is 66.7 Å². The summed E-state index contributed by atoms with van der Waals surface area (Å²) in [5, 5.41) is 9.04. The van der Waals surface area contributed by atoms with Gasteiger partial charge in [0.1, 0.15) is 5.91 Å². The summed E-state index contributed by atoms with van der Waals surface area (Å²) >= 11 is 0. The zero-order valence-corrected chi connectivity index (χ0v) is 14.7. The maximum atomic E-state index is 5.36. The first kappa shape index (κ1) is 15.3. The number of benzene rings is 4. The van der Waals surface area contributed by atoms with Gasteiger partial charge in [-0.2, -0.15) is 0 Å². The molecule has 0 saturated carbocycles. The smallest absolute Gasteiger partial charge is 0.157 e. The maximum Gasteiger partial charge on any atom is 0.157 e. The molecule has 0 heterocycles. The van der Waals surface area contributed by atoms with Gasteiger partial charge in [0.15, 0.2) is 9.52 Å². The minimum Gasteiger partial charge on any atom is -0.360 e. The Labute approximate surface area is 143 Å². The number of rotatable bonds is 4. The van der Waals surface area contributed by atoms with Gasteiger partial charge in [0.05, 0.1) is 0 Å². The van der Waals surface area contributed by atoms with Crippen molar-refractivity contribution in [3.8, 4) is 0 Å². The molecule has 118 valence electrons. The van der Waals surface area contributed by atoms with Crippen molar-refractivity contribution in [3.63, 3.8) is 0 Å². The predicted octanol–water partition coefficient (Wildman–Crippen LogP) is 4.05. The van der Waals surface area contributed by atoms with Crippen LogP contribution in [-0.2, 0) is 9.47 Å². The lowest BCUT2D eigenvalue weighted by Crippen LogP contribution is -2.31. The van der Waals surface area contributed by atoms with Crippen molar-refractivity contribution < 1.29 is 9.47 Å². The number of fused-ring (bicyclic) bond motifs is 6. The summed E-state index contributed by atoms with van der Waals surface area (Å²) in [6.07, 6.45) is 0. The zero-order valence-electron chi connectivity index (χ0n) is 13.7. The Morgan fingerprint density at radius 1 is 0.625 bits per heavy atom. The van der Waals surface area contributed by atoms with E-state index < -0.39 is 0 Å². The van der Waals surface area contributed by atoms with Crippen LogP contribution in [0.5, 0.6) is 0 Å². The van der Waals surface area contributed by atoms with Gasteiger partial charge in [-0.3, -0.25) is 0 Å². The van der Waals surface area contributed by atoms with Crippen molar-refractivity contribution in [1.29, 1.82) is 0 Å². The summed E-state index contributed by atoms with van der Waals surface area (Å²) in [5.41, 5.74) is 0. The summed E-state index contributed by atoms with van der Waals surface area (Å²) in [6, 6.07) is 24.0. The monoisotopic (exact) mass is 330 g/mol. The average molecular weight is 330 g/mol. The van der Waals surface area contributed by atoms with Crippen molar-refractivity contribution >= 4 is 47.0 Å². The van der Waals surface area contributed by atoms with Crippen LogP contribution >= 0.6 is 0 Å². The van der Waals surface area contributed by atoms with Gasteiger partial charge < -0.3 is 9.47 Å². The SMILES string of the molecule is COC(OC)[Si]c1ccc2c3ccccc3c3ccccc3c2c1. The summed E-state index contributed by atoms with van der Waals surface area (Å²) in [7, 11) is 3.83. The van der Waals surface area contributed by atoms with Crippen molar-refractivity contribution in [2.24, 2.45) is 0 Å². The molecule has 4 rings (SSSR count). The van der Waals surface area contributed by atoms with Crippen LogP contribution in [0.15, 0.2) is 66.7 Å². The van der Waals surface area contributed by atoms with E-state index in [0.29, 0.717) is 9.52 Å². The molecule has 0 N–H and O–H groups in total. The molecule has 0 atom stereocenters. The largest absolute Gasteiger partial charge is 0.360 e. The van der Waals surface area contributed by atoms with Crippen LogP contribution < -0.4 is 5.19 Å². The van der Waals surface area contributed by atoms with Crippen molar-refractivity contribution in [1.82, 2.24) is 0 Å². The van der Waals surface area contributed by atoms with Gasteiger partial charge in [0.2, 0.25) is 0 Å². The number of methoxy groups -OCH3 is 2. The molecule has 2 nitrogen and oxygen atoms in total. The molecule has 0 amide bonds. The minimum atomic E-state index is -0.186. The molecular weight excluding hydrogens is 312 g/mol. The third-order valence-corrected chi connectivity index (χ3v) is 5.81. The second-order valence-corrected chi connectivity index (χ2v) is 7.14. The molecule has 2 radical (unpaired) electrons.